The van der Waals surface area contributed by atoms with Gasteiger partial charge in [-0.25, -0.2) is 8.78 Å². The average Bonchev–Trinajstić information content (AvgIpc) is 2.38. The summed E-state index contributed by atoms with van der Waals surface area (Å²) in [5.41, 5.74) is 5.92. The zero-order valence-electron chi connectivity index (χ0n) is 9.88. The molecule has 3 N–H and O–H groups in total. The number of anilines is 2. The molecule has 0 aliphatic carbocycles. The van der Waals surface area contributed by atoms with Crippen molar-refractivity contribution in [2.75, 3.05) is 11.1 Å². The van der Waals surface area contributed by atoms with Crippen molar-refractivity contribution in [2.45, 2.75) is 0 Å². The van der Waals surface area contributed by atoms with Crippen LogP contribution in [-0.2, 0) is 0 Å². The Balaban J connectivity index is 2.33. The molecule has 0 bridgehead atoms. The number of amides is 1. The van der Waals surface area contributed by atoms with Crippen LogP contribution in [0.5, 0.6) is 0 Å². The molecular weight excluding hydrogens is 354 g/mol. The van der Waals surface area contributed by atoms with Crippen molar-refractivity contribution in [1.29, 1.82) is 0 Å². The second kappa shape index (κ2) is 5.76. The second-order valence-electron chi connectivity index (χ2n) is 3.94. The number of nitrogen functional groups attached to an aromatic ring is 1. The van der Waals surface area contributed by atoms with E-state index in [0.29, 0.717) is 15.8 Å². The van der Waals surface area contributed by atoms with Gasteiger partial charge in [-0.05, 0) is 46.3 Å². The van der Waals surface area contributed by atoms with E-state index in [1.807, 2.05) is 0 Å². The number of nitrogens with one attached hydrogen (secondary N) is 1. The summed E-state index contributed by atoms with van der Waals surface area (Å²) in [6, 6.07) is 6.24. The fourth-order valence-electron chi connectivity index (χ4n) is 1.52. The van der Waals surface area contributed by atoms with Gasteiger partial charge in [0.15, 0.2) is 0 Å². The first-order valence-electron chi connectivity index (χ1n) is 5.39. The monoisotopic (exact) mass is 360 g/mol. The molecule has 2 aromatic carbocycles. The van der Waals surface area contributed by atoms with Crippen LogP contribution in [0, 0.1) is 11.6 Å². The smallest absolute Gasteiger partial charge is 0.258 e. The Labute approximate surface area is 126 Å². The lowest BCUT2D eigenvalue weighted by atomic mass is 10.2. The molecule has 0 heterocycles. The maximum Gasteiger partial charge on any atom is 0.258 e. The van der Waals surface area contributed by atoms with Gasteiger partial charge in [0.25, 0.3) is 5.91 Å². The largest absolute Gasteiger partial charge is 0.399 e. The van der Waals surface area contributed by atoms with E-state index in [1.165, 1.54) is 6.07 Å². The minimum atomic E-state index is -0.908. The van der Waals surface area contributed by atoms with E-state index in [-0.39, 0.29) is 5.02 Å². The van der Waals surface area contributed by atoms with E-state index in [2.05, 4.69) is 21.2 Å². The summed E-state index contributed by atoms with van der Waals surface area (Å²) < 4.78 is 27.5. The maximum atomic E-state index is 13.6. The standard InChI is InChI=1S/C13H8BrClF2N2O/c14-8-2-1-6(18)3-12(8)19-13(20)7-4-11(17)9(15)5-10(7)16/h1-5H,18H2,(H,19,20). The number of benzene rings is 2. The highest BCUT2D eigenvalue weighted by molar-refractivity contribution is 9.10. The zero-order valence-corrected chi connectivity index (χ0v) is 12.2. The number of carbonyl (C=O) groups excluding carboxylic acids is 1. The third-order valence-electron chi connectivity index (χ3n) is 2.49. The number of hydrogen-bond acceptors (Lipinski definition) is 2. The van der Waals surface area contributed by atoms with E-state index < -0.39 is 23.1 Å². The van der Waals surface area contributed by atoms with Gasteiger partial charge in [0.1, 0.15) is 11.6 Å². The molecule has 0 aliphatic rings. The summed E-state index contributed by atoms with van der Waals surface area (Å²) >= 11 is 8.64. The van der Waals surface area contributed by atoms with Gasteiger partial charge in [-0.3, -0.25) is 4.79 Å². The number of hydrogen-bond donors (Lipinski definition) is 2. The SMILES string of the molecule is Nc1ccc(Br)c(NC(=O)c2cc(F)c(Cl)cc2F)c1. The highest BCUT2D eigenvalue weighted by atomic mass is 79.9. The Bertz CT molecular complexity index is 694. The van der Waals surface area contributed by atoms with Gasteiger partial charge in [0.2, 0.25) is 0 Å². The van der Waals surface area contributed by atoms with Crippen molar-refractivity contribution in [3.05, 3.63) is 57.0 Å². The number of rotatable bonds is 2. The minimum absolute atomic E-state index is 0.352. The van der Waals surface area contributed by atoms with E-state index in [4.69, 9.17) is 17.3 Å². The Kier molecular flexibility index (Phi) is 4.25. The van der Waals surface area contributed by atoms with Crippen LogP contribution in [0.25, 0.3) is 0 Å². The Morgan fingerprint density at radius 1 is 1.20 bits per heavy atom. The average molecular weight is 362 g/mol. The molecule has 104 valence electrons. The summed E-state index contributed by atoms with van der Waals surface area (Å²) in [5.74, 6) is -2.58. The third kappa shape index (κ3) is 3.08. The normalized spacial score (nSPS) is 10.4. The molecule has 2 aromatic rings. The Morgan fingerprint density at radius 3 is 2.60 bits per heavy atom. The quantitative estimate of drug-likeness (QED) is 0.622. The second-order valence-corrected chi connectivity index (χ2v) is 5.20. The molecule has 0 atom stereocenters. The fraction of sp³-hybridized carbons (Fsp3) is 0. The summed E-state index contributed by atoms with van der Waals surface area (Å²) in [5, 5.41) is 2.05. The number of halogens is 4. The van der Waals surface area contributed by atoms with Crippen molar-refractivity contribution >= 4 is 44.8 Å². The number of nitrogens with two attached hydrogens (primary N) is 1. The van der Waals surface area contributed by atoms with E-state index in [0.717, 1.165) is 12.1 Å². The van der Waals surface area contributed by atoms with Gasteiger partial charge in [0, 0.05) is 10.2 Å². The Hall–Kier alpha value is -1.66. The van der Waals surface area contributed by atoms with Crippen LogP contribution in [0.2, 0.25) is 5.02 Å². The lowest BCUT2D eigenvalue weighted by molar-refractivity contribution is 0.102. The first-order chi connectivity index (χ1) is 9.38. The van der Waals surface area contributed by atoms with Gasteiger partial charge in [0.05, 0.1) is 16.3 Å². The summed E-state index contributed by atoms with van der Waals surface area (Å²) in [6.07, 6.45) is 0. The summed E-state index contributed by atoms with van der Waals surface area (Å²) in [7, 11) is 0. The number of carbonyl (C=O) groups is 1. The molecule has 1 amide bonds. The lowest BCUT2D eigenvalue weighted by Crippen LogP contribution is -2.14. The molecule has 0 fully saturated rings. The first kappa shape index (κ1) is 14.7. The molecule has 3 nitrogen and oxygen atoms in total. The lowest BCUT2D eigenvalue weighted by Gasteiger charge is -2.09. The van der Waals surface area contributed by atoms with E-state index in [1.54, 1.807) is 12.1 Å². The predicted molar refractivity (Wildman–Crippen MR) is 77.9 cm³/mol. The van der Waals surface area contributed by atoms with Crippen molar-refractivity contribution in [3.63, 3.8) is 0 Å². The van der Waals surface area contributed by atoms with Gasteiger partial charge >= 0.3 is 0 Å². The fourth-order valence-corrected chi connectivity index (χ4v) is 2.02. The van der Waals surface area contributed by atoms with Crippen molar-refractivity contribution in [1.82, 2.24) is 0 Å². The van der Waals surface area contributed by atoms with Crippen LogP contribution in [0.4, 0.5) is 20.2 Å². The van der Waals surface area contributed by atoms with Crippen LogP contribution in [-0.4, -0.2) is 5.91 Å². The molecule has 0 saturated carbocycles. The molecule has 0 spiro atoms. The van der Waals surface area contributed by atoms with Gasteiger partial charge in [-0.2, -0.15) is 0 Å². The van der Waals surface area contributed by atoms with Crippen LogP contribution in [0.3, 0.4) is 0 Å². The highest BCUT2D eigenvalue weighted by Gasteiger charge is 2.16. The topological polar surface area (TPSA) is 55.1 Å². The van der Waals surface area contributed by atoms with Crippen LogP contribution >= 0.6 is 27.5 Å². The van der Waals surface area contributed by atoms with E-state index in [9.17, 15) is 13.6 Å². The Morgan fingerprint density at radius 2 is 1.90 bits per heavy atom. The summed E-state index contributed by atoms with van der Waals surface area (Å²) in [4.78, 5) is 11.9. The molecule has 0 radical (unpaired) electrons. The minimum Gasteiger partial charge on any atom is -0.399 e. The van der Waals surface area contributed by atoms with E-state index >= 15 is 0 Å². The molecular formula is C13H8BrClF2N2O. The third-order valence-corrected chi connectivity index (χ3v) is 3.47. The van der Waals surface area contributed by atoms with Crippen molar-refractivity contribution in [2.24, 2.45) is 0 Å². The predicted octanol–water partition coefficient (Wildman–Crippen LogP) is 4.22. The van der Waals surface area contributed by atoms with Crippen LogP contribution in [0.1, 0.15) is 10.4 Å². The molecule has 0 aromatic heterocycles. The zero-order chi connectivity index (χ0) is 14.9. The molecule has 2 rings (SSSR count). The molecule has 0 unspecified atom stereocenters. The van der Waals surface area contributed by atoms with Crippen molar-refractivity contribution < 1.29 is 13.6 Å². The molecule has 20 heavy (non-hydrogen) atoms. The van der Waals surface area contributed by atoms with Crippen molar-refractivity contribution in [3.8, 4) is 0 Å². The molecule has 0 saturated heterocycles. The van der Waals surface area contributed by atoms with Crippen LogP contribution in [0.15, 0.2) is 34.8 Å². The van der Waals surface area contributed by atoms with Gasteiger partial charge in [-0.1, -0.05) is 11.6 Å². The maximum absolute atomic E-state index is 13.6. The highest BCUT2D eigenvalue weighted by Crippen LogP contribution is 2.26. The van der Waals surface area contributed by atoms with Crippen LogP contribution < -0.4 is 11.1 Å². The summed E-state index contributed by atoms with van der Waals surface area (Å²) in [6.45, 7) is 0. The molecule has 7 heteroatoms. The van der Waals surface area contributed by atoms with Gasteiger partial charge < -0.3 is 11.1 Å². The first-order valence-corrected chi connectivity index (χ1v) is 6.56. The van der Waals surface area contributed by atoms with Gasteiger partial charge in [-0.15, -0.1) is 0 Å². The molecule has 0 aliphatic heterocycles.